The minimum atomic E-state index is -1.41. The number of hydrogen-bond donors (Lipinski definition) is 4. The number of aliphatic hydroxyl groups is 2. The summed E-state index contributed by atoms with van der Waals surface area (Å²) in [5, 5.41) is 31.8. The van der Waals surface area contributed by atoms with E-state index in [9.17, 15) is 24.9 Å². The molecule has 0 heterocycles. The lowest BCUT2D eigenvalue weighted by Gasteiger charge is -2.31. The number of ether oxygens (including phenoxy) is 1. The minimum absolute atomic E-state index is 0.177. The van der Waals surface area contributed by atoms with E-state index < -0.39 is 34.9 Å². The Balaban J connectivity index is 2.85. The molecule has 1 rings (SSSR count). The van der Waals surface area contributed by atoms with Gasteiger partial charge in [-0.05, 0) is 57.4 Å². The lowest BCUT2D eigenvalue weighted by molar-refractivity contribution is -0.148. The maximum absolute atomic E-state index is 12.5. The third-order valence-electron chi connectivity index (χ3n) is 5.01. The second kappa shape index (κ2) is 10.1. The summed E-state index contributed by atoms with van der Waals surface area (Å²) in [7, 11) is 0. The summed E-state index contributed by atoms with van der Waals surface area (Å²) in [5.74, 6) is -0.892. The van der Waals surface area contributed by atoms with E-state index in [2.05, 4.69) is 5.32 Å². The van der Waals surface area contributed by atoms with Crippen molar-refractivity contribution in [3.8, 4) is 5.75 Å². The van der Waals surface area contributed by atoms with Gasteiger partial charge in [-0.2, -0.15) is 0 Å². The van der Waals surface area contributed by atoms with Crippen LogP contribution >= 0.6 is 0 Å². The number of aliphatic hydroxyl groups excluding tert-OH is 2. The van der Waals surface area contributed by atoms with E-state index in [0.29, 0.717) is 12.2 Å². The minimum Gasteiger partial charge on any atom is -0.493 e. The number of carbonyl (C=O) groups excluding carboxylic acids is 1. The molecule has 0 saturated carbocycles. The molecule has 1 amide bonds. The van der Waals surface area contributed by atoms with E-state index in [1.165, 1.54) is 0 Å². The number of carboxylic acids is 1. The van der Waals surface area contributed by atoms with Gasteiger partial charge in [0.25, 0.3) is 0 Å². The number of amides is 1. The number of nitrogens with one attached hydrogen (secondary N) is 1. The summed E-state index contributed by atoms with van der Waals surface area (Å²) < 4.78 is 5.80. The maximum atomic E-state index is 12.5. The fourth-order valence-electron chi connectivity index (χ4n) is 2.99. The molecule has 7 nitrogen and oxygen atoms in total. The number of carboxylic acid groups (broad SMARTS) is 1. The number of aryl methyl sites for hydroxylation is 2. The van der Waals surface area contributed by atoms with E-state index in [4.69, 9.17) is 4.74 Å². The van der Waals surface area contributed by atoms with Gasteiger partial charge in [-0.25, -0.2) is 0 Å². The van der Waals surface area contributed by atoms with Gasteiger partial charge in [0.05, 0.1) is 18.6 Å². The molecular formula is C22H35NO6. The molecule has 0 radical (unpaired) electrons. The first-order chi connectivity index (χ1) is 13.3. The molecule has 1 aromatic rings. The molecule has 7 heteroatoms. The molecule has 0 aliphatic carbocycles. The smallest absolute Gasteiger partial charge is 0.309 e. The van der Waals surface area contributed by atoms with Crippen LogP contribution in [-0.4, -0.2) is 52.6 Å². The highest BCUT2D eigenvalue weighted by molar-refractivity contribution is 5.81. The van der Waals surface area contributed by atoms with Crippen molar-refractivity contribution in [2.45, 2.75) is 66.5 Å². The number of hydrogen-bond acceptors (Lipinski definition) is 5. The van der Waals surface area contributed by atoms with Crippen LogP contribution in [0.3, 0.4) is 0 Å². The van der Waals surface area contributed by atoms with Gasteiger partial charge >= 0.3 is 5.97 Å². The predicted molar refractivity (Wildman–Crippen MR) is 111 cm³/mol. The maximum Gasteiger partial charge on any atom is 0.309 e. The normalized spacial score (nSPS) is 14.2. The van der Waals surface area contributed by atoms with Gasteiger partial charge in [0.15, 0.2) is 0 Å². The summed E-state index contributed by atoms with van der Waals surface area (Å²) in [6.45, 7) is 10.2. The van der Waals surface area contributed by atoms with Crippen LogP contribution in [0, 0.1) is 24.7 Å². The highest BCUT2D eigenvalue weighted by atomic mass is 16.5. The van der Waals surface area contributed by atoms with Crippen LogP contribution in [0.5, 0.6) is 5.75 Å². The number of aliphatic carboxylic acids is 1. The number of carbonyl (C=O) groups is 2. The van der Waals surface area contributed by atoms with Crippen LogP contribution in [0.4, 0.5) is 0 Å². The van der Waals surface area contributed by atoms with E-state index in [1.807, 2.05) is 32.0 Å². The van der Waals surface area contributed by atoms with Crippen molar-refractivity contribution in [3.63, 3.8) is 0 Å². The monoisotopic (exact) mass is 409 g/mol. The molecule has 0 bridgehead atoms. The van der Waals surface area contributed by atoms with Crippen LogP contribution in [0.15, 0.2) is 18.2 Å². The van der Waals surface area contributed by atoms with Crippen LogP contribution in [0.25, 0.3) is 0 Å². The predicted octanol–water partition coefficient (Wildman–Crippen LogP) is 2.44. The van der Waals surface area contributed by atoms with E-state index >= 15 is 0 Å². The largest absolute Gasteiger partial charge is 0.493 e. The van der Waals surface area contributed by atoms with Crippen molar-refractivity contribution in [1.82, 2.24) is 5.32 Å². The zero-order valence-electron chi connectivity index (χ0n) is 18.3. The summed E-state index contributed by atoms with van der Waals surface area (Å²) in [6, 6.07) is 5.35. The van der Waals surface area contributed by atoms with Crippen LogP contribution in [0.1, 0.15) is 51.7 Å². The molecule has 0 saturated heterocycles. The lowest BCUT2D eigenvalue weighted by atomic mass is 9.84. The first-order valence-corrected chi connectivity index (χ1v) is 9.82. The third-order valence-corrected chi connectivity index (χ3v) is 5.01. The summed E-state index contributed by atoms with van der Waals surface area (Å²) >= 11 is 0. The molecule has 2 unspecified atom stereocenters. The Hall–Kier alpha value is -2.12. The van der Waals surface area contributed by atoms with E-state index in [0.717, 1.165) is 11.1 Å². The van der Waals surface area contributed by atoms with E-state index in [1.54, 1.807) is 27.7 Å². The third kappa shape index (κ3) is 7.66. The van der Waals surface area contributed by atoms with Crippen molar-refractivity contribution >= 4 is 11.9 Å². The highest BCUT2D eigenvalue weighted by Gasteiger charge is 2.36. The molecule has 4 N–H and O–H groups in total. The Morgan fingerprint density at radius 2 is 1.66 bits per heavy atom. The van der Waals surface area contributed by atoms with Crippen molar-refractivity contribution in [2.75, 3.05) is 13.2 Å². The Morgan fingerprint density at radius 1 is 1.10 bits per heavy atom. The van der Waals surface area contributed by atoms with Crippen LogP contribution in [-0.2, 0) is 9.59 Å². The fraction of sp³-hybridized carbons (Fsp3) is 0.636. The number of benzene rings is 1. The molecule has 1 aromatic carbocycles. The first kappa shape index (κ1) is 24.9. The second-order valence-electron chi connectivity index (χ2n) is 9.11. The second-order valence-corrected chi connectivity index (χ2v) is 9.11. The molecular weight excluding hydrogens is 374 g/mol. The van der Waals surface area contributed by atoms with Gasteiger partial charge in [-0.1, -0.05) is 19.9 Å². The summed E-state index contributed by atoms with van der Waals surface area (Å²) in [4.78, 5) is 24.0. The molecule has 0 aromatic heterocycles. The quantitative estimate of drug-likeness (QED) is 0.446. The fourth-order valence-corrected chi connectivity index (χ4v) is 2.99. The SMILES string of the molecule is Cc1cc(C)cc(OCCC(CC(C)(C)C(=O)O)NC(=O)C(O)C(C)(C)CO)c1. The lowest BCUT2D eigenvalue weighted by Crippen LogP contribution is -2.50. The molecule has 0 aliphatic rings. The van der Waals surface area contributed by atoms with Crippen molar-refractivity contribution in [1.29, 1.82) is 0 Å². The zero-order valence-corrected chi connectivity index (χ0v) is 18.3. The van der Waals surface area contributed by atoms with Gasteiger partial charge in [0.1, 0.15) is 11.9 Å². The van der Waals surface area contributed by atoms with Crippen molar-refractivity contribution in [2.24, 2.45) is 10.8 Å². The standard InChI is InChI=1S/C22H35NO6/c1-14-9-15(2)11-17(10-14)29-8-7-16(12-21(3,4)20(27)28)23-19(26)18(25)22(5,6)13-24/h9-11,16,18,24-25H,7-8,12-13H2,1-6H3,(H,23,26)(H,27,28). The van der Waals surface area contributed by atoms with Crippen LogP contribution in [0.2, 0.25) is 0 Å². The first-order valence-electron chi connectivity index (χ1n) is 9.82. The van der Waals surface area contributed by atoms with Gasteiger partial charge in [0, 0.05) is 17.9 Å². The zero-order chi connectivity index (χ0) is 22.4. The Labute approximate surface area is 173 Å². The van der Waals surface area contributed by atoms with E-state index in [-0.39, 0.29) is 19.6 Å². The van der Waals surface area contributed by atoms with Gasteiger partial charge in [-0.3, -0.25) is 9.59 Å². The molecule has 0 spiro atoms. The van der Waals surface area contributed by atoms with Gasteiger partial charge < -0.3 is 25.4 Å². The Bertz CT molecular complexity index is 693. The van der Waals surface area contributed by atoms with Crippen LogP contribution < -0.4 is 10.1 Å². The van der Waals surface area contributed by atoms with Crippen molar-refractivity contribution < 1.29 is 29.6 Å². The molecule has 0 fully saturated rings. The van der Waals surface area contributed by atoms with Gasteiger partial charge in [0.2, 0.25) is 5.91 Å². The molecule has 2 atom stereocenters. The molecule has 29 heavy (non-hydrogen) atoms. The molecule has 0 aliphatic heterocycles. The Morgan fingerprint density at radius 3 is 2.14 bits per heavy atom. The van der Waals surface area contributed by atoms with Gasteiger partial charge in [-0.15, -0.1) is 0 Å². The van der Waals surface area contributed by atoms with Crippen molar-refractivity contribution in [3.05, 3.63) is 29.3 Å². The molecule has 164 valence electrons. The number of rotatable bonds is 11. The summed E-state index contributed by atoms with van der Waals surface area (Å²) in [5.41, 5.74) is 0.0828. The average molecular weight is 410 g/mol. The Kier molecular flexibility index (Phi) is 8.65. The topological polar surface area (TPSA) is 116 Å². The summed E-state index contributed by atoms with van der Waals surface area (Å²) in [6.07, 6.45) is -0.860. The highest BCUT2D eigenvalue weighted by Crippen LogP contribution is 2.26. The average Bonchev–Trinajstić information content (AvgIpc) is 2.59.